The van der Waals surface area contributed by atoms with Crippen molar-refractivity contribution >= 4 is 0 Å². The first-order valence-corrected chi connectivity index (χ1v) is 6.25. The second kappa shape index (κ2) is 5.05. The lowest BCUT2D eigenvalue weighted by molar-refractivity contribution is -0.955. The van der Waals surface area contributed by atoms with Crippen LogP contribution in [0.25, 0.3) is 0 Å². The SMILES string of the molecule is [I-].c1ccc(C[N+]23CCC(CC2)CC3)cc1. The van der Waals surface area contributed by atoms with Gasteiger partial charge in [0.2, 0.25) is 0 Å². The first-order valence-electron chi connectivity index (χ1n) is 6.25. The maximum absolute atomic E-state index is 2.29. The lowest BCUT2D eigenvalue weighted by Crippen LogP contribution is -3.00. The fraction of sp³-hybridized carbons (Fsp3) is 0.571. The molecule has 0 spiro atoms. The number of benzene rings is 1. The highest BCUT2D eigenvalue weighted by Crippen LogP contribution is 2.34. The van der Waals surface area contributed by atoms with Crippen molar-refractivity contribution in [3.05, 3.63) is 35.9 Å². The molecule has 0 N–H and O–H groups in total. The summed E-state index contributed by atoms with van der Waals surface area (Å²) in [5.41, 5.74) is 1.53. The Morgan fingerprint density at radius 1 is 0.938 bits per heavy atom. The Morgan fingerprint density at radius 3 is 2.06 bits per heavy atom. The zero-order valence-electron chi connectivity index (χ0n) is 9.74. The van der Waals surface area contributed by atoms with E-state index in [1.807, 2.05) is 0 Å². The van der Waals surface area contributed by atoms with Crippen LogP contribution >= 0.6 is 0 Å². The molecule has 1 nitrogen and oxygen atoms in total. The van der Waals surface area contributed by atoms with Crippen LogP contribution in [0.3, 0.4) is 0 Å². The van der Waals surface area contributed by atoms with Crippen LogP contribution in [0.15, 0.2) is 30.3 Å². The van der Waals surface area contributed by atoms with E-state index >= 15 is 0 Å². The predicted molar refractivity (Wildman–Crippen MR) is 62.3 cm³/mol. The third-order valence-corrected chi connectivity index (χ3v) is 4.40. The number of halogens is 1. The van der Waals surface area contributed by atoms with E-state index in [0.29, 0.717) is 0 Å². The summed E-state index contributed by atoms with van der Waals surface area (Å²) in [4.78, 5) is 0. The van der Waals surface area contributed by atoms with Crippen molar-refractivity contribution in [1.29, 1.82) is 0 Å². The second-order valence-electron chi connectivity index (χ2n) is 5.39. The Labute approximate surface area is 115 Å². The summed E-state index contributed by atoms with van der Waals surface area (Å²) in [7, 11) is 0. The van der Waals surface area contributed by atoms with Gasteiger partial charge in [0.05, 0.1) is 19.6 Å². The summed E-state index contributed by atoms with van der Waals surface area (Å²) in [5, 5.41) is 0. The molecule has 3 fully saturated rings. The molecule has 0 unspecified atom stereocenters. The molecule has 1 aromatic carbocycles. The molecule has 4 rings (SSSR count). The monoisotopic (exact) mass is 329 g/mol. The number of nitrogens with zero attached hydrogens (tertiary/aromatic N) is 1. The highest BCUT2D eigenvalue weighted by atomic mass is 127. The van der Waals surface area contributed by atoms with Crippen LogP contribution in [0, 0.1) is 5.92 Å². The van der Waals surface area contributed by atoms with Gasteiger partial charge in [0.25, 0.3) is 0 Å². The minimum absolute atomic E-state index is 0. The molecule has 3 heterocycles. The van der Waals surface area contributed by atoms with Crippen molar-refractivity contribution in [1.82, 2.24) is 0 Å². The topological polar surface area (TPSA) is 0 Å². The van der Waals surface area contributed by atoms with E-state index in [9.17, 15) is 0 Å². The largest absolute Gasteiger partial charge is 1.00 e. The summed E-state index contributed by atoms with van der Waals surface area (Å²) >= 11 is 0. The molecule has 3 saturated heterocycles. The molecule has 0 saturated carbocycles. The summed E-state index contributed by atoms with van der Waals surface area (Å²) in [6, 6.07) is 11.0. The lowest BCUT2D eigenvalue weighted by atomic mass is 9.85. The van der Waals surface area contributed by atoms with E-state index in [1.165, 1.54) is 55.5 Å². The minimum atomic E-state index is 0. The van der Waals surface area contributed by atoms with Crippen LogP contribution in [0.5, 0.6) is 0 Å². The molecular formula is C14H20IN. The maximum atomic E-state index is 2.29. The summed E-state index contributed by atoms with van der Waals surface area (Å²) in [6.45, 7) is 5.56. The van der Waals surface area contributed by atoms with E-state index < -0.39 is 0 Å². The van der Waals surface area contributed by atoms with E-state index in [1.54, 1.807) is 0 Å². The highest BCUT2D eigenvalue weighted by molar-refractivity contribution is 5.13. The van der Waals surface area contributed by atoms with Crippen molar-refractivity contribution in [2.45, 2.75) is 25.8 Å². The van der Waals surface area contributed by atoms with Gasteiger partial charge < -0.3 is 28.5 Å². The van der Waals surface area contributed by atoms with E-state index in [2.05, 4.69) is 30.3 Å². The van der Waals surface area contributed by atoms with Crippen LogP contribution in [0.4, 0.5) is 0 Å². The Hall–Kier alpha value is -0.0900. The molecule has 2 bridgehead atoms. The van der Waals surface area contributed by atoms with E-state index in [-0.39, 0.29) is 24.0 Å². The van der Waals surface area contributed by atoms with E-state index in [0.717, 1.165) is 5.92 Å². The fourth-order valence-corrected chi connectivity index (χ4v) is 3.35. The third-order valence-electron chi connectivity index (χ3n) is 4.40. The number of hydrogen-bond donors (Lipinski definition) is 0. The van der Waals surface area contributed by atoms with Crippen molar-refractivity contribution in [3.63, 3.8) is 0 Å². The first kappa shape index (κ1) is 12.4. The molecule has 0 aromatic heterocycles. The maximum Gasteiger partial charge on any atom is 0.104 e. The molecule has 16 heavy (non-hydrogen) atoms. The second-order valence-corrected chi connectivity index (χ2v) is 5.39. The van der Waals surface area contributed by atoms with Crippen LogP contribution < -0.4 is 24.0 Å². The van der Waals surface area contributed by atoms with Crippen molar-refractivity contribution in [3.8, 4) is 0 Å². The molecule has 0 atom stereocenters. The van der Waals surface area contributed by atoms with Gasteiger partial charge in [-0.2, -0.15) is 0 Å². The van der Waals surface area contributed by atoms with Gasteiger partial charge in [-0.3, -0.25) is 0 Å². The molecule has 0 amide bonds. The number of piperidine rings is 3. The number of quaternary nitrogens is 1. The summed E-state index contributed by atoms with van der Waals surface area (Å²) in [5.74, 6) is 1.07. The van der Waals surface area contributed by atoms with E-state index in [4.69, 9.17) is 0 Å². The fourth-order valence-electron chi connectivity index (χ4n) is 3.35. The smallest absolute Gasteiger partial charge is 0.104 e. The molecule has 3 aliphatic heterocycles. The standard InChI is InChI=1S/C14H20N.HI/c1-2-4-14(5-3-1)12-15-9-6-13(7-10-15)8-11-15;/h1-5,13H,6-12H2;1H/q+1;/p-1. The van der Waals surface area contributed by atoms with Crippen molar-refractivity contribution < 1.29 is 28.5 Å². The van der Waals surface area contributed by atoms with Crippen molar-refractivity contribution in [2.75, 3.05) is 19.6 Å². The average molecular weight is 329 g/mol. The van der Waals surface area contributed by atoms with Crippen LogP contribution in [-0.2, 0) is 6.54 Å². The van der Waals surface area contributed by atoms with Crippen molar-refractivity contribution in [2.24, 2.45) is 5.92 Å². The third kappa shape index (κ3) is 2.43. The first-order chi connectivity index (χ1) is 7.36. The van der Waals surface area contributed by atoms with Crippen LogP contribution in [0.1, 0.15) is 24.8 Å². The van der Waals surface area contributed by atoms with Gasteiger partial charge in [-0.25, -0.2) is 0 Å². The zero-order valence-corrected chi connectivity index (χ0v) is 11.9. The Bertz CT molecular complexity index is 314. The zero-order chi connectivity index (χ0) is 10.1. The van der Waals surface area contributed by atoms with Crippen LogP contribution in [0.2, 0.25) is 0 Å². The number of fused-ring (bicyclic) bond motifs is 3. The summed E-state index contributed by atoms with van der Waals surface area (Å²) < 4.78 is 1.38. The lowest BCUT2D eigenvalue weighted by Gasteiger charge is -2.49. The Morgan fingerprint density at radius 2 is 1.50 bits per heavy atom. The number of hydrogen-bond acceptors (Lipinski definition) is 0. The number of rotatable bonds is 2. The van der Waals surface area contributed by atoms with Gasteiger partial charge in [0.15, 0.2) is 0 Å². The predicted octanol–water partition coefficient (Wildman–Crippen LogP) is -0.179. The highest BCUT2D eigenvalue weighted by Gasteiger charge is 2.39. The van der Waals surface area contributed by atoms with Crippen LogP contribution in [-0.4, -0.2) is 24.1 Å². The van der Waals surface area contributed by atoms with Gasteiger partial charge in [-0.05, 0) is 25.2 Å². The average Bonchev–Trinajstić information content (AvgIpc) is 2.32. The minimum Gasteiger partial charge on any atom is -1.00 e. The molecule has 1 aromatic rings. The quantitative estimate of drug-likeness (QED) is 0.522. The van der Waals surface area contributed by atoms with Gasteiger partial charge in [-0.1, -0.05) is 30.3 Å². The Kier molecular flexibility index (Phi) is 3.90. The summed E-state index contributed by atoms with van der Waals surface area (Å²) in [6.07, 6.45) is 4.44. The van der Waals surface area contributed by atoms with Gasteiger partial charge >= 0.3 is 0 Å². The van der Waals surface area contributed by atoms with Gasteiger partial charge in [0.1, 0.15) is 6.54 Å². The molecule has 3 aliphatic rings. The van der Waals surface area contributed by atoms with Gasteiger partial charge in [-0.15, -0.1) is 0 Å². The molecule has 88 valence electrons. The molecule has 0 aliphatic carbocycles. The molecule has 2 heteroatoms. The van der Waals surface area contributed by atoms with Gasteiger partial charge in [0, 0.05) is 5.56 Å². The molecular weight excluding hydrogens is 309 g/mol. The molecule has 0 radical (unpaired) electrons. The Balaban J connectivity index is 0.000000963. The normalized spacial score (nSPS) is 32.1.